The maximum atomic E-state index is 12.6. The lowest BCUT2D eigenvalue weighted by Crippen LogP contribution is -2.29. The summed E-state index contributed by atoms with van der Waals surface area (Å²) in [7, 11) is 0. The van der Waals surface area contributed by atoms with Gasteiger partial charge < -0.3 is 10.2 Å². The molecule has 0 fully saturated rings. The van der Waals surface area contributed by atoms with Gasteiger partial charge in [-0.3, -0.25) is 0 Å². The van der Waals surface area contributed by atoms with Crippen LogP contribution in [0.4, 0.5) is 24.7 Å². The Hall–Kier alpha value is -2.31. The topological polar surface area (TPSA) is 41.0 Å². The van der Waals surface area contributed by atoms with Crippen LogP contribution in [0.1, 0.15) is 18.3 Å². The first kappa shape index (κ1) is 17.1. The number of hydrogen-bond donors (Lipinski definition) is 1. The summed E-state index contributed by atoms with van der Waals surface area (Å²) in [6.07, 6.45) is -3.43. The molecule has 0 aliphatic heterocycles. The van der Waals surface area contributed by atoms with Crippen molar-refractivity contribution in [3.05, 3.63) is 47.9 Å². The zero-order valence-corrected chi connectivity index (χ0v) is 13.1. The minimum Gasteiger partial charge on any atom is -0.370 e. The standard InChI is InChI=1S/C16H19F3N4/c1-3-23(13-6-4-5-12(2)11-13)10-9-20-14-7-8-21-15(22-14)16(17,18)19/h4-8,11H,3,9-10H2,1-2H3,(H,20,21,22). The summed E-state index contributed by atoms with van der Waals surface area (Å²) < 4.78 is 37.7. The molecular weight excluding hydrogens is 305 g/mol. The highest BCUT2D eigenvalue weighted by Crippen LogP contribution is 2.26. The summed E-state index contributed by atoms with van der Waals surface area (Å²) in [4.78, 5) is 8.87. The van der Waals surface area contributed by atoms with Crippen molar-refractivity contribution in [2.75, 3.05) is 29.9 Å². The number of anilines is 2. The molecule has 0 bridgehead atoms. The second-order valence-electron chi connectivity index (χ2n) is 5.11. The van der Waals surface area contributed by atoms with E-state index in [4.69, 9.17) is 0 Å². The minimum absolute atomic E-state index is 0.174. The lowest BCUT2D eigenvalue weighted by Gasteiger charge is -2.23. The van der Waals surface area contributed by atoms with E-state index in [2.05, 4.69) is 26.3 Å². The number of nitrogens with zero attached hydrogens (tertiary/aromatic N) is 3. The Morgan fingerprint density at radius 1 is 1.22 bits per heavy atom. The van der Waals surface area contributed by atoms with Crippen LogP contribution in [0.3, 0.4) is 0 Å². The number of nitrogens with one attached hydrogen (secondary N) is 1. The number of alkyl halides is 3. The number of rotatable bonds is 6. The number of hydrogen-bond acceptors (Lipinski definition) is 4. The van der Waals surface area contributed by atoms with Crippen LogP contribution in [0.2, 0.25) is 0 Å². The van der Waals surface area contributed by atoms with E-state index in [9.17, 15) is 13.2 Å². The molecule has 0 aliphatic rings. The molecule has 0 unspecified atom stereocenters. The van der Waals surface area contributed by atoms with Crippen LogP contribution in [-0.2, 0) is 6.18 Å². The lowest BCUT2D eigenvalue weighted by atomic mass is 10.2. The van der Waals surface area contributed by atoms with Crippen LogP contribution in [0.25, 0.3) is 0 Å². The molecule has 1 N–H and O–H groups in total. The van der Waals surface area contributed by atoms with Gasteiger partial charge in [0.1, 0.15) is 5.82 Å². The fraction of sp³-hybridized carbons (Fsp3) is 0.375. The second kappa shape index (κ2) is 7.30. The molecule has 0 spiro atoms. The third kappa shape index (κ3) is 4.84. The van der Waals surface area contributed by atoms with E-state index >= 15 is 0 Å². The van der Waals surface area contributed by atoms with E-state index in [1.165, 1.54) is 11.6 Å². The second-order valence-corrected chi connectivity index (χ2v) is 5.11. The van der Waals surface area contributed by atoms with Crippen molar-refractivity contribution in [3.63, 3.8) is 0 Å². The predicted octanol–water partition coefficient (Wildman–Crippen LogP) is 3.74. The molecule has 1 aromatic carbocycles. The molecule has 0 saturated heterocycles. The Morgan fingerprint density at radius 2 is 2.00 bits per heavy atom. The van der Waals surface area contributed by atoms with Crippen molar-refractivity contribution >= 4 is 11.5 Å². The van der Waals surface area contributed by atoms with Gasteiger partial charge in [-0.1, -0.05) is 12.1 Å². The van der Waals surface area contributed by atoms with Crippen molar-refractivity contribution in [2.24, 2.45) is 0 Å². The summed E-state index contributed by atoms with van der Waals surface area (Å²) in [5.41, 5.74) is 2.26. The van der Waals surface area contributed by atoms with Crippen LogP contribution in [0.15, 0.2) is 36.5 Å². The molecule has 7 heteroatoms. The van der Waals surface area contributed by atoms with E-state index < -0.39 is 12.0 Å². The summed E-state index contributed by atoms with van der Waals surface area (Å²) in [5, 5.41) is 2.91. The zero-order chi connectivity index (χ0) is 16.9. The third-order valence-electron chi connectivity index (χ3n) is 3.35. The van der Waals surface area contributed by atoms with E-state index in [-0.39, 0.29) is 5.82 Å². The average Bonchev–Trinajstić information content (AvgIpc) is 2.51. The highest BCUT2D eigenvalue weighted by Gasteiger charge is 2.34. The molecule has 23 heavy (non-hydrogen) atoms. The third-order valence-corrected chi connectivity index (χ3v) is 3.35. The van der Waals surface area contributed by atoms with Gasteiger partial charge >= 0.3 is 6.18 Å². The molecule has 2 rings (SSSR count). The molecule has 0 radical (unpaired) electrons. The van der Waals surface area contributed by atoms with Gasteiger partial charge in [-0.25, -0.2) is 9.97 Å². The number of likely N-dealkylation sites (N-methyl/N-ethyl adjacent to an activating group) is 1. The Labute approximate surface area is 133 Å². The van der Waals surface area contributed by atoms with E-state index in [1.807, 2.05) is 32.0 Å². The number of halogens is 3. The average molecular weight is 324 g/mol. The van der Waals surface area contributed by atoms with Gasteiger partial charge in [0.25, 0.3) is 0 Å². The minimum atomic E-state index is -4.53. The Morgan fingerprint density at radius 3 is 2.65 bits per heavy atom. The number of aromatic nitrogens is 2. The Bertz CT molecular complexity index is 643. The molecular formula is C16H19F3N4. The Kier molecular flexibility index (Phi) is 5.41. The van der Waals surface area contributed by atoms with Crippen molar-refractivity contribution in [2.45, 2.75) is 20.0 Å². The first-order valence-corrected chi connectivity index (χ1v) is 7.36. The van der Waals surface area contributed by atoms with Crippen LogP contribution in [0.5, 0.6) is 0 Å². The number of aryl methyl sites for hydroxylation is 1. The molecule has 1 aromatic heterocycles. The van der Waals surface area contributed by atoms with Crippen molar-refractivity contribution in [1.29, 1.82) is 0 Å². The molecule has 2 aromatic rings. The van der Waals surface area contributed by atoms with Crippen molar-refractivity contribution < 1.29 is 13.2 Å². The first-order valence-electron chi connectivity index (χ1n) is 7.36. The largest absolute Gasteiger partial charge is 0.451 e. The van der Waals surface area contributed by atoms with E-state index in [1.54, 1.807) is 0 Å². The van der Waals surface area contributed by atoms with Gasteiger partial charge in [-0.15, -0.1) is 0 Å². The van der Waals surface area contributed by atoms with Crippen LogP contribution in [0, 0.1) is 6.92 Å². The Balaban J connectivity index is 1.96. The van der Waals surface area contributed by atoms with Gasteiger partial charge in [0.15, 0.2) is 0 Å². The highest BCUT2D eigenvalue weighted by atomic mass is 19.4. The first-order chi connectivity index (χ1) is 10.9. The van der Waals surface area contributed by atoms with Gasteiger partial charge in [0.05, 0.1) is 0 Å². The molecule has 0 atom stereocenters. The summed E-state index contributed by atoms with van der Waals surface area (Å²) in [6, 6.07) is 9.53. The molecule has 4 nitrogen and oxygen atoms in total. The van der Waals surface area contributed by atoms with Gasteiger partial charge in [-0.05, 0) is 37.6 Å². The maximum Gasteiger partial charge on any atom is 0.451 e. The summed E-state index contributed by atoms with van der Waals surface area (Å²) >= 11 is 0. The van der Waals surface area contributed by atoms with E-state index in [0.29, 0.717) is 13.1 Å². The van der Waals surface area contributed by atoms with Crippen molar-refractivity contribution in [3.8, 4) is 0 Å². The SMILES string of the molecule is CCN(CCNc1ccnc(C(F)(F)F)n1)c1cccc(C)c1. The van der Waals surface area contributed by atoms with Crippen LogP contribution in [-0.4, -0.2) is 29.6 Å². The van der Waals surface area contributed by atoms with Crippen LogP contribution >= 0.6 is 0 Å². The zero-order valence-electron chi connectivity index (χ0n) is 13.1. The van der Waals surface area contributed by atoms with Gasteiger partial charge in [0, 0.05) is 31.5 Å². The fourth-order valence-corrected chi connectivity index (χ4v) is 2.21. The highest BCUT2D eigenvalue weighted by molar-refractivity contribution is 5.48. The maximum absolute atomic E-state index is 12.6. The molecule has 1 heterocycles. The molecule has 0 saturated carbocycles. The number of benzene rings is 1. The van der Waals surface area contributed by atoms with Gasteiger partial charge in [0.2, 0.25) is 5.82 Å². The fourth-order valence-electron chi connectivity index (χ4n) is 2.21. The van der Waals surface area contributed by atoms with E-state index in [0.717, 1.165) is 18.4 Å². The summed E-state index contributed by atoms with van der Waals surface area (Å²) in [6.45, 7) is 6.01. The van der Waals surface area contributed by atoms with Gasteiger partial charge in [-0.2, -0.15) is 13.2 Å². The van der Waals surface area contributed by atoms with Crippen molar-refractivity contribution in [1.82, 2.24) is 9.97 Å². The molecule has 0 aliphatic carbocycles. The molecule has 0 amide bonds. The normalized spacial score (nSPS) is 11.3. The molecule has 124 valence electrons. The quantitative estimate of drug-likeness (QED) is 0.879. The van der Waals surface area contributed by atoms with Crippen LogP contribution < -0.4 is 10.2 Å². The lowest BCUT2D eigenvalue weighted by molar-refractivity contribution is -0.144. The summed E-state index contributed by atoms with van der Waals surface area (Å²) in [5.74, 6) is -0.957. The monoisotopic (exact) mass is 324 g/mol. The smallest absolute Gasteiger partial charge is 0.370 e. The predicted molar refractivity (Wildman–Crippen MR) is 84.6 cm³/mol.